The van der Waals surface area contributed by atoms with Crippen LogP contribution in [-0.2, 0) is 26.5 Å². The summed E-state index contributed by atoms with van der Waals surface area (Å²) in [5, 5.41) is 10.9. The number of hydrogen-bond acceptors (Lipinski definition) is 5. The van der Waals surface area contributed by atoms with Crippen LogP contribution in [0.4, 0.5) is 0 Å². The smallest absolute Gasteiger partial charge is 0.460 e. The molecule has 0 saturated carbocycles. The summed E-state index contributed by atoms with van der Waals surface area (Å²) >= 11 is 0. The van der Waals surface area contributed by atoms with E-state index >= 15 is 0 Å². The molecular formula is C32H27N5OPt. The van der Waals surface area contributed by atoms with Crippen molar-refractivity contribution in [1.29, 1.82) is 0 Å². The van der Waals surface area contributed by atoms with Gasteiger partial charge in [-0.3, -0.25) is 4.57 Å². The van der Waals surface area contributed by atoms with Crippen LogP contribution in [0.25, 0.3) is 38.9 Å². The van der Waals surface area contributed by atoms with E-state index in [0.29, 0.717) is 17.6 Å². The third-order valence-corrected chi connectivity index (χ3v) is 6.74. The number of ether oxygens (including phenoxy) is 1. The van der Waals surface area contributed by atoms with Crippen LogP contribution in [0.1, 0.15) is 37.7 Å². The van der Waals surface area contributed by atoms with E-state index in [2.05, 4.69) is 72.4 Å². The van der Waals surface area contributed by atoms with E-state index in [-0.39, 0.29) is 26.5 Å². The molecule has 3 aromatic carbocycles. The van der Waals surface area contributed by atoms with E-state index in [4.69, 9.17) is 9.72 Å². The Morgan fingerprint density at radius 3 is 2.38 bits per heavy atom. The number of pyridine rings is 1. The molecule has 0 unspecified atom stereocenters. The number of benzene rings is 3. The van der Waals surface area contributed by atoms with E-state index < -0.39 is 0 Å². The van der Waals surface area contributed by atoms with Crippen LogP contribution in [-0.4, -0.2) is 24.7 Å². The van der Waals surface area contributed by atoms with Gasteiger partial charge in [0.05, 0.1) is 11.4 Å². The van der Waals surface area contributed by atoms with E-state index in [1.807, 2.05) is 60.9 Å². The van der Waals surface area contributed by atoms with Gasteiger partial charge >= 0.3 is 21.1 Å². The van der Waals surface area contributed by atoms with Crippen LogP contribution in [0.5, 0.6) is 11.6 Å². The fraction of sp³-hybridized carbons (Fsp3) is 0.188. The van der Waals surface area contributed by atoms with Crippen molar-refractivity contribution in [3.8, 4) is 28.7 Å². The molecule has 6 nitrogen and oxygen atoms in total. The Hall–Kier alpha value is -3.89. The van der Waals surface area contributed by atoms with Gasteiger partial charge < -0.3 is 4.74 Å². The molecule has 0 radical (unpaired) electrons. The van der Waals surface area contributed by atoms with Gasteiger partial charge in [0.2, 0.25) is 5.88 Å². The molecule has 0 atom stereocenters. The molecule has 0 amide bonds. The molecule has 6 rings (SSSR count). The minimum absolute atomic E-state index is 0. The fourth-order valence-corrected chi connectivity index (χ4v) is 4.51. The van der Waals surface area contributed by atoms with Crippen molar-refractivity contribution >= 4 is 21.8 Å². The summed E-state index contributed by atoms with van der Waals surface area (Å²) in [6, 6.07) is 29.3. The molecule has 3 aromatic heterocycles. The summed E-state index contributed by atoms with van der Waals surface area (Å²) in [5.74, 6) is 1.67. The van der Waals surface area contributed by atoms with Gasteiger partial charge in [-0.25, -0.2) is 21.1 Å². The van der Waals surface area contributed by atoms with Crippen LogP contribution >= 0.6 is 0 Å². The average molecular weight is 693 g/mol. The second-order valence-electron chi connectivity index (χ2n) is 10.4. The number of fused-ring (bicyclic) bond motifs is 3. The molecule has 3 heterocycles. The topological polar surface area (TPSA) is 65.7 Å². The summed E-state index contributed by atoms with van der Waals surface area (Å²) in [5.41, 5.74) is 6.47. The van der Waals surface area contributed by atoms with Gasteiger partial charge in [-0.2, -0.15) is 29.4 Å². The second-order valence-corrected chi connectivity index (χ2v) is 10.4. The standard InChI is InChI=1S/C32H27N5O.Pt/c1-20-21(2)35-36-31(34-20)37-28-12-7-6-11-26(28)27-14-13-23(18-29(27)37)22-9-8-10-25(17-22)38-30-19-24(15-16-33-30)32(3,4)5;/h6-16,19H,1-5H3;/q-2;+2. The molecule has 0 N–H and O–H groups in total. The van der Waals surface area contributed by atoms with Gasteiger partial charge in [0, 0.05) is 23.5 Å². The molecule has 0 fully saturated rings. The predicted molar refractivity (Wildman–Crippen MR) is 150 cm³/mol. The maximum Gasteiger partial charge on any atom is 2.00 e. The molecule has 0 aliphatic carbocycles. The first-order valence-electron chi connectivity index (χ1n) is 12.6. The van der Waals surface area contributed by atoms with Crippen molar-refractivity contribution < 1.29 is 25.8 Å². The molecule has 0 spiro atoms. The Morgan fingerprint density at radius 1 is 0.795 bits per heavy atom. The van der Waals surface area contributed by atoms with Crippen LogP contribution in [0.15, 0.2) is 72.9 Å². The zero-order valence-electron chi connectivity index (χ0n) is 22.4. The maximum atomic E-state index is 6.12. The first kappa shape index (κ1) is 26.7. The summed E-state index contributed by atoms with van der Waals surface area (Å²) in [4.78, 5) is 9.14. The van der Waals surface area contributed by atoms with Crippen LogP contribution in [0.3, 0.4) is 0 Å². The number of para-hydroxylation sites is 1. The van der Waals surface area contributed by atoms with Gasteiger partial charge in [0.15, 0.2) is 0 Å². The maximum absolute atomic E-state index is 6.12. The van der Waals surface area contributed by atoms with Crippen LogP contribution in [0, 0.1) is 26.0 Å². The Bertz CT molecular complexity index is 1820. The zero-order chi connectivity index (χ0) is 26.4. The van der Waals surface area contributed by atoms with Gasteiger partial charge in [0.1, 0.15) is 0 Å². The molecular weight excluding hydrogens is 665 g/mol. The van der Waals surface area contributed by atoms with Crippen molar-refractivity contribution in [1.82, 2.24) is 24.7 Å². The Morgan fingerprint density at radius 2 is 1.59 bits per heavy atom. The third-order valence-electron chi connectivity index (χ3n) is 6.74. The second kappa shape index (κ2) is 10.3. The molecule has 0 aliphatic heterocycles. The van der Waals surface area contributed by atoms with E-state index in [1.54, 1.807) is 6.20 Å². The zero-order valence-corrected chi connectivity index (χ0v) is 24.7. The molecule has 7 heteroatoms. The van der Waals surface area contributed by atoms with Gasteiger partial charge in [-0.1, -0.05) is 44.4 Å². The normalized spacial score (nSPS) is 11.5. The van der Waals surface area contributed by atoms with Crippen molar-refractivity contribution in [3.05, 3.63) is 102 Å². The van der Waals surface area contributed by atoms with Crippen molar-refractivity contribution in [2.75, 3.05) is 0 Å². The van der Waals surface area contributed by atoms with Gasteiger partial charge in [0.25, 0.3) is 5.95 Å². The minimum Gasteiger partial charge on any atom is -0.460 e. The third kappa shape index (κ3) is 5.09. The van der Waals surface area contributed by atoms with Crippen molar-refractivity contribution in [2.45, 2.75) is 40.0 Å². The van der Waals surface area contributed by atoms with Crippen molar-refractivity contribution in [2.24, 2.45) is 0 Å². The van der Waals surface area contributed by atoms with Crippen LogP contribution in [0.2, 0.25) is 0 Å². The van der Waals surface area contributed by atoms with E-state index in [9.17, 15) is 0 Å². The Kier molecular flexibility index (Phi) is 7.09. The molecule has 39 heavy (non-hydrogen) atoms. The molecule has 6 aromatic rings. The molecule has 0 aliphatic rings. The Balaban J connectivity index is 0.00000308. The van der Waals surface area contributed by atoms with Crippen LogP contribution < -0.4 is 4.74 Å². The number of aryl methyl sites for hydroxylation is 2. The first-order valence-corrected chi connectivity index (χ1v) is 12.6. The van der Waals surface area contributed by atoms with Gasteiger partial charge in [-0.15, -0.1) is 23.3 Å². The SMILES string of the molecule is Cc1nnc(-n2c3[c-]c(-c4[c-]c(Oc5cc(C(C)(C)C)ccn5)ccc4)ccc3c3ccccc32)nc1C.[Pt+2]. The fourth-order valence-electron chi connectivity index (χ4n) is 4.51. The number of nitrogens with zero attached hydrogens (tertiary/aromatic N) is 5. The summed E-state index contributed by atoms with van der Waals surface area (Å²) in [6.45, 7) is 10.4. The average Bonchev–Trinajstić information content (AvgIpc) is 3.24. The minimum atomic E-state index is 0. The summed E-state index contributed by atoms with van der Waals surface area (Å²) in [6.07, 6.45) is 1.78. The predicted octanol–water partition coefficient (Wildman–Crippen LogP) is 7.34. The molecule has 0 saturated heterocycles. The summed E-state index contributed by atoms with van der Waals surface area (Å²) in [7, 11) is 0. The van der Waals surface area contributed by atoms with Crippen molar-refractivity contribution in [3.63, 3.8) is 0 Å². The number of rotatable bonds is 4. The Labute approximate surface area is 242 Å². The number of hydrogen-bond donors (Lipinski definition) is 0. The quantitative estimate of drug-likeness (QED) is 0.181. The molecule has 0 bridgehead atoms. The summed E-state index contributed by atoms with van der Waals surface area (Å²) < 4.78 is 8.14. The first-order chi connectivity index (χ1) is 18.3. The largest absolute Gasteiger partial charge is 2.00 e. The molecule has 196 valence electrons. The monoisotopic (exact) mass is 692 g/mol. The van der Waals surface area contributed by atoms with E-state index in [0.717, 1.165) is 49.9 Å². The number of aromatic nitrogens is 5. The van der Waals surface area contributed by atoms with E-state index in [1.165, 1.54) is 0 Å². The van der Waals surface area contributed by atoms with Gasteiger partial charge in [-0.05, 0) is 47.9 Å².